The van der Waals surface area contributed by atoms with E-state index in [9.17, 15) is 5.21 Å². The molecule has 0 radical (unpaired) electrons. The topological polar surface area (TPSA) is 64.5 Å². The fourth-order valence-electron chi connectivity index (χ4n) is 2.14. The molecule has 4 nitrogen and oxygen atoms in total. The number of hydrogen-bond acceptors (Lipinski definition) is 3. The molecule has 98 valence electrons. The molecule has 1 aliphatic rings. The van der Waals surface area contributed by atoms with Gasteiger partial charge in [-0.25, -0.2) is 4.74 Å². The van der Waals surface area contributed by atoms with E-state index in [2.05, 4.69) is 4.99 Å². The number of amidine groups is 1. The third kappa shape index (κ3) is 2.07. The van der Waals surface area contributed by atoms with Crippen molar-refractivity contribution in [2.75, 3.05) is 0 Å². The van der Waals surface area contributed by atoms with E-state index in [1.54, 1.807) is 12.3 Å². The van der Waals surface area contributed by atoms with E-state index in [4.69, 9.17) is 5.73 Å². The monoisotopic (exact) mass is 263 g/mol. The van der Waals surface area contributed by atoms with Gasteiger partial charge in [0, 0.05) is 23.4 Å². The van der Waals surface area contributed by atoms with Crippen molar-refractivity contribution in [2.45, 2.75) is 0 Å². The second-order valence-corrected chi connectivity index (χ2v) is 4.40. The van der Waals surface area contributed by atoms with Gasteiger partial charge >= 0.3 is 0 Å². The van der Waals surface area contributed by atoms with Gasteiger partial charge in [-0.05, 0) is 12.1 Å². The number of hydrogen-bond donors (Lipinski definition) is 1. The second kappa shape index (κ2) is 5.01. The van der Waals surface area contributed by atoms with Crippen molar-refractivity contribution in [2.24, 2.45) is 10.7 Å². The van der Waals surface area contributed by atoms with Crippen molar-refractivity contribution in [3.8, 4) is 0 Å². The van der Waals surface area contributed by atoms with Crippen LogP contribution in [-0.4, -0.2) is 16.3 Å². The highest BCUT2D eigenvalue weighted by molar-refractivity contribution is 6.15. The molecule has 0 fully saturated rings. The van der Waals surface area contributed by atoms with E-state index in [-0.39, 0.29) is 5.84 Å². The van der Waals surface area contributed by atoms with Crippen molar-refractivity contribution in [1.29, 1.82) is 0 Å². The Kier molecular flexibility index (Phi) is 3.05. The Bertz CT molecular complexity index is 730. The molecule has 2 aromatic carbocycles. The molecule has 4 heteroatoms. The van der Waals surface area contributed by atoms with Crippen LogP contribution in [0.1, 0.15) is 11.1 Å². The zero-order valence-corrected chi connectivity index (χ0v) is 10.7. The van der Waals surface area contributed by atoms with Gasteiger partial charge in [0.25, 0.3) is 5.84 Å². The number of nitrogens with two attached hydrogens (primary N) is 1. The van der Waals surface area contributed by atoms with Crippen LogP contribution >= 0.6 is 0 Å². The third-order valence-corrected chi connectivity index (χ3v) is 3.11. The van der Waals surface area contributed by atoms with Crippen LogP contribution in [0.5, 0.6) is 0 Å². The van der Waals surface area contributed by atoms with E-state index in [0.29, 0.717) is 5.69 Å². The van der Waals surface area contributed by atoms with Crippen LogP contribution in [0.2, 0.25) is 0 Å². The summed E-state index contributed by atoms with van der Waals surface area (Å²) in [5.74, 6) is 0.119. The maximum atomic E-state index is 12.2. The number of para-hydroxylation sites is 1. The normalized spacial score (nSPS) is 14.3. The Hall–Kier alpha value is -2.88. The molecule has 0 unspecified atom stereocenters. The predicted molar refractivity (Wildman–Crippen MR) is 80.1 cm³/mol. The molecule has 1 aliphatic heterocycles. The van der Waals surface area contributed by atoms with Gasteiger partial charge in [-0.3, -0.25) is 10.7 Å². The Morgan fingerprint density at radius 2 is 1.65 bits per heavy atom. The van der Waals surface area contributed by atoms with E-state index >= 15 is 0 Å². The summed E-state index contributed by atoms with van der Waals surface area (Å²) in [6.45, 7) is 0. The minimum atomic E-state index is 0.119. The Labute approximate surface area is 116 Å². The van der Waals surface area contributed by atoms with Crippen LogP contribution in [0.25, 0.3) is 0 Å². The summed E-state index contributed by atoms with van der Waals surface area (Å²) in [5, 5.41) is 12.2. The van der Waals surface area contributed by atoms with Gasteiger partial charge < -0.3 is 5.21 Å². The maximum Gasteiger partial charge on any atom is 0.277 e. The van der Waals surface area contributed by atoms with Gasteiger partial charge in [0.2, 0.25) is 0 Å². The molecule has 2 N–H and O–H groups in total. The summed E-state index contributed by atoms with van der Waals surface area (Å²) < 4.78 is 0.726. The van der Waals surface area contributed by atoms with E-state index in [1.165, 1.54) is 6.08 Å². The van der Waals surface area contributed by atoms with Crippen molar-refractivity contribution in [3.63, 3.8) is 0 Å². The second-order valence-electron chi connectivity index (χ2n) is 4.40. The number of benzene rings is 2. The predicted octanol–water partition coefficient (Wildman–Crippen LogP) is 2.55. The van der Waals surface area contributed by atoms with Crippen molar-refractivity contribution in [3.05, 3.63) is 83.2 Å². The lowest BCUT2D eigenvalue weighted by Crippen LogP contribution is -2.21. The molecule has 1 heterocycles. The van der Waals surface area contributed by atoms with Crippen LogP contribution in [0, 0.1) is 5.21 Å². The summed E-state index contributed by atoms with van der Waals surface area (Å²) in [7, 11) is 0. The average Bonchev–Trinajstić information content (AvgIpc) is 2.50. The minimum Gasteiger partial charge on any atom is -0.710 e. The minimum absolute atomic E-state index is 0.119. The van der Waals surface area contributed by atoms with Crippen molar-refractivity contribution in [1.82, 2.24) is 0 Å². The first kappa shape index (κ1) is 12.2. The quantitative estimate of drug-likeness (QED) is 0.634. The zero-order chi connectivity index (χ0) is 13.9. The van der Waals surface area contributed by atoms with Crippen molar-refractivity contribution < 1.29 is 4.74 Å². The average molecular weight is 263 g/mol. The summed E-state index contributed by atoms with van der Waals surface area (Å²) in [6.07, 6.45) is 3.06. The van der Waals surface area contributed by atoms with Gasteiger partial charge in [-0.15, -0.1) is 0 Å². The maximum absolute atomic E-state index is 12.2. The Morgan fingerprint density at radius 3 is 2.45 bits per heavy atom. The van der Waals surface area contributed by atoms with Crippen LogP contribution in [-0.2, 0) is 0 Å². The molecule has 20 heavy (non-hydrogen) atoms. The van der Waals surface area contributed by atoms with E-state index in [1.807, 2.05) is 48.5 Å². The number of rotatable bonds is 1. The molecule has 0 amide bonds. The lowest BCUT2D eigenvalue weighted by molar-refractivity contribution is -0.361. The highest BCUT2D eigenvalue weighted by atomic mass is 16.5. The van der Waals surface area contributed by atoms with Gasteiger partial charge in [-0.1, -0.05) is 42.5 Å². The highest BCUT2D eigenvalue weighted by Crippen LogP contribution is 2.23. The van der Waals surface area contributed by atoms with Gasteiger partial charge in [0.15, 0.2) is 0 Å². The number of nitrogens with zero attached hydrogens (tertiary/aromatic N) is 2. The smallest absolute Gasteiger partial charge is 0.277 e. The zero-order valence-electron chi connectivity index (χ0n) is 10.7. The lowest BCUT2D eigenvalue weighted by Gasteiger charge is -2.17. The first-order valence-electron chi connectivity index (χ1n) is 6.26. The van der Waals surface area contributed by atoms with Crippen LogP contribution in [0.3, 0.4) is 0 Å². The highest BCUT2D eigenvalue weighted by Gasteiger charge is 2.16. The van der Waals surface area contributed by atoms with Gasteiger partial charge in [-0.2, -0.15) is 0 Å². The molecule has 0 aromatic heterocycles. The molecule has 0 saturated carbocycles. The molecular formula is C16H13N3O. The van der Waals surface area contributed by atoms with Crippen LogP contribution in [0.4, 0.5) is 5.69 Å². The van der Waals surface area contributed by atoms with E-state index < -0.39 is 0 Å². The molecular weight excluding hydrogens is 250 g/mol. The Balaban J connectivity index is 2.26. The summed E-state index contributed by atoms with van der Waals surface area (Å²) in [5.41, 5.74) is 8.69. The van der Waals surface area contributed by atoms with Crippen molar-refractivity contribution >= 4 is 17.2 Å². The molecule has 2 aromatic rings. The first-order valence-corrected chi connectivity index (χ1v) is 6.26. The molecule has 0 aliphatic carbocycles. The lowest BCUT2D eigenvalue weighted by atomic mass is 10.0. The summed E-state index contributed by atoms with van der Waals surface area (Å²) in [4.78, 5) is 4.45. The van der Waals surface area contributed by atoms with Gasteiger partial charge in [0.1, 0.15) is 5.69 Å². The molecule has 0 saturated heterocycles. The number of aliphatic imine (C=N–C) groups is 1. The molecule has 0 bridgehead atoms. The molecule has 0 spiro atoms. The third-order valence-electron chi connectivity index (χ3n) is 3.11. The Morgan fingerprint density at radius 1 is 0.950 bits per heavy atom. The summed E-state index contributed by atoms with van der Waals surface area (Å²) >= 11 is 0. The van der Waals surface area contributed by atoms with Crippen LogP contribution < -0.4 is 5.73 Å². The van der Waals surface area contributed by atoms with Crippen LogP contribution in [0.15, 0.2) is 71.9 Å². The number of fused-ring (bicyclic) bond motifs is 1. The fourth-order valence-corrected chi connectivity index (χ4v) is 2.14. The van der Waals surface area contributed by atoms with E-state index in [0.717, 1.165) is 21.6 Å². The molecule has 0 atom stereocenters. The molecule has 3 rings (SSSR count). The first-order chi connectivity index (χ1) is 9.77. The fraction of sp³-hybridized carbons (Fsp3) is 0. The van der Waals surface area contributed by atoms with Gasteiger partial charge in [0.05, 0.1) is 5.71 Å². The summed E-state index contributed by atoms with van der Waals surface area (Å²) in [6, 6.07) is 17.1. The standard InChI is InChI=1S/C16H13N3O/c17-15-10-11-18-16(12-6-2-1-3-7-12)13-8-4-5-9-14(13)19(15)20/h1-11H,17H2. The SMILES string of the molecule is NC1=[N+]([O-])c2ccccc2C(c2ccccc2)=NC=C1. The largest absolute Gasteiger partial charge is 0.710 e.